The standard InChI is InChI=1S/C17H18N2O/c20-17-16(18-10-11-19-17)12-13-6-8-15(9-7-13)14-4-2-1-3-5-14/h1-9,16,18H,10-12H2,(H,19,20)/t16-/m0/s1. The van der Waals surface area contributed by atoms with E-state index in [-0.39, 0.29) is 11.9 Å². The monoisotopic (exact) mass is 266 g/mol. The maximum absolute atomic E-state index is 11.7. The Morgan fingerprint density at radius 1 is 0.900 bits per heavy atom. The van der Waals surface area contributed by atoms with Gasteiger partial charge in [0, 0.05) is 13.1 Å². The van der Waals surface area contributed by atoms with Crippen LogP contribution in [0.15, 0.2) is 54.6 Å². The fourth-order valence-electron chi connectivity index (χ4n) is 2.51. The molecule has 1 aliphatic rings. The van der Waals surface area contributed by atoms with Gasteiger partial charge in [-0.2, -0.15) is 0 Å². The lowest BCUT2D eigenvalue weighted by Gasteiger charge is -2.23. The Morgan fingerprint density at radius 2 is 1.60 bits per heavy atom. The predicted octanol–water partition coefficient (Wildman–Crippen LogP) is 1.98. The molecular formula is C17H18N2O. The summed E-state index contributed by atoms with van der Waals surface area (Å²) in [7, 11) is 0. The average molecular weight is 266 g/mol. The molecule has 1 amide bonds. The van der Waals surface area contributed by atoms with Crippen molar-refractivity contribution in [1.29, 1.82) is 0 Å². The molecule has 2 N–H and O–H groups in total. The van der Waals surface area contributed by atoms with Crippen LogP contribution < -0.4 is 10.6 Å². The molecule has 0 spiro atoms. The Labute approximate surface area is 119 Å². The molecule has 0 saturated carbocycles. The molecule has 1 atom stereocenters. The Kier molecular flexibility index (Phi) is 3.79. The highest BCUT2D eigenvalue weighted by molar-refractivity contribution is 5.82. The topological polar surface area (TPSA) is 41.1 Å². The van der Waals surface area contributed by atoms with Crippen LogP contribution >= 0.6 is 0 Å². The SMILES string of the molecule is O=C1NCCN[C@H]1Cc1ccc(-c2ccccc2)cc1. The summed E-state index contributed by atoms with van der Waals surface area (Å²) in [6.45, 7) is 1.57. The van der Waals surface area contributed by atoms with Gasteiger partial charge in [-0.3, -0.25) is 4.79 Å². The highest BCUT2D eigenvalue weighted by atomic mass is 16.2. The molecule has 2 aromatic rings. The van der Waals surface area contributed by atoms with Gasteiger partial charge in [0.1, 0.15) is 0 Å². The van der Waals surface area contributed by atoms with E-state index in [1.165, 1.54) is 16.7 Å². The first-order valence-electron chi connectivity index (χ1n) is 6.98. The second kappa shape index (κ2) is 5.88. The summed E-state index contributed by atoms with van der Waals surface area (Å²) < 4.78 is 0. The summed E-state index contributed by atoms with van der Waals surface area (Å²) >= 11 is 0. The van der Waals surface area contributed by atoms with E-state index in [2.05, 4.69) is 47.0 Å². The third kappa shape index (κ3) is 2.89. The molecule has 0 radical (unpaired) electrons. The van der Waals surface area contributed by atoms with Crippen molar-refractivity contribution in [2.75, 3.05) is 13.1 Å². The summed E-state index contributed by atoms with van der Waals surface area (Å²) in [5, 5.41) is 6.14. The second-order valence-electron chi connectivity index (χ2n) is 5.06. The van der Waals surface area contributed by atoms with Crippen LogP contribution in [-0.4, -0.2) is 25.0 Å². The molecule has 0 aliphatic carbocycles. The first kappa shape index (κ1) is 12.9. The zero-order valence-electron chi connectivity index (χ0n) is 11.3. The van der Waals surface area contributed by atoms with Crippen LogP contribution in [0, 0.1) is 0 Å². The smallest absolute Gasteiger partial charge is 0.237 e. The molecule has 1 saturated heterocycles. The van der Waals surface area contributed by atoms with Gasteiger partial charge in [-0.25, -0.2) is 0 Å². The van der Waals surface area contributed by atoms with E-state index in [0.29, 0.717) is 0 Å². The molecule has 0 unspecified atom stereocenters. The number of benzene rings is 2. The Bertz CT molecular complexity index is 578. The fourth-order valence-corrected chi connectivity index (χ4v) is 2.51. The van der Waals surface area contributed by atoms with Crippen LogP contribution in [0.3, 0.4) is 0 Å². The minimum Gasteiger partial charge on any atom is -0.353 e. The zero-order valence-corrected chi connectivity index (χ0v) is 11.3. The van der Waals surface area contributed by atoms with Crippen molar-refractivity contribution in [3.63, 3.8) is 0 Å². The number of hydrogen-bond acceptors (Lipinski definition) is 2. The Balaban J connectivity index is 1.72. The van der Waals surface area contributed by atoms with Crippen LogP contribution in [0.2, 0.25) is 0 Å². The van der Waals surface area contributed by atoms with E-state index in [0.717, 1.165) is 19.5 Å². The number of carbonyl (C=O) groups excluding carboxylic acids is 1. The molecule has 3 heteroatoms. The molecule has 1 aliphatic heterocycles. The third-order valence-electron chi connectivity index (χ3n) is 3.63. The van der Waals surface area contributed by atoms with E-state index in [1.807, 2.05) is 18.2 Å². The Morgan fingerprint density at radius 3 is 2.30 bits per heavy atom. The van der Waals surface area contributed by atoms with Crippen molar-refractivity contribution in [3.8, 4) is 11.1 Å². The van der Waals surface area contributed by atoms with Gasteiger partial charge in [0.05, 0.1) is 6.04 Å². The maximum Gasteiger partial charge on any atom is 0.237 e. The number of rotatable bonds is 3. The van der Waals surface area contributed by atoms with Gasteiger partial charge in [-0.1, -0.05) is 54.6 Å². The number of piperazine rings is 1. The molecule has 0 bridgehead atoms. The quantitative estimate of drug-likeness (QED) is 0.892. The highest BCUT2D eigenvalue weighted by Crippen LogP contribution is 2.19. The van der Waals surface area contributed by atoms with Crippen LogP contribution in [0.4, 0.5) is 0 Å². The van der Waals surface area contributed by atoms with Crippen molar-refractivity contribution in [3.05, 3.63) is 60.2 Å². The predicted molar refractivity (Wildman–Crippen MR) is 80.4 cm³/mol. The summed E-state index contributed by atoms with van der Waals surface area (Å²) in [5.74, 6) is 0.100. The van der Waals surface area contributed by atoms with E-state index < -0.39 is 0 Å². The first-order chi connectivity index (χ1) is 9.83. The van der Waals surface area contributed by atoms with Gasteiger partial charge in [0.25, 0.3) is 0 Å². The fraction of sp³-hybridized carbons (Fsp3) is 0.235. The lowest BCUT2D eigenvalue weighted by Crippen LogP contribution is -2.53. The minimum atomic E-state index is -0.105. The normalized spacial score (nSPS) is 18.6. The molecule has 3 nitrogen and oxygen atoms in total. The maximum atomic E-state index is 11.7. The Hall–Kier alpha value is -2.13. The number of amides is 1. The molecular weight excluding hydrogens is 248 g/mol. The van der Waals surface area contributed by atoms with Crippen LogP contribution in [-0.2, 0) is 11.2 Å². The van der Waals surface area contributed by atoms with Gasteiger partial charge in [0.2, 0.25) is 5.91 Å². The molecule has 102 valence electrons. The second-order valence-corrected chi connectivity index (χ2v) is 5.06. The van der Waals surface area contributed by atoms with E-state index in [4.69, 9.17) is 0 Å². The van der Waals surface area contributed by atoms with Crippen molar-refractivity contribution >= 4 is 5.91 Å². The van der Waals surface area contributed by atoms with E-state index >= 15 is 0 Å². The van der Waals surface area contributed by atoms with Gasteiger partial charge >= 0.3 is 0 Å². The van der Waals surface area contributed by atoms with Gasteiger partial charge in [0.15, 0.2) is 0 Å². The molecule has 1 heterocycles. The van der Waals surface area contributed by atoms with Crippen molar-refractivity contribution in [1.82, 2.24) is 10.6 Å². The molecule has 3 rings (SSSR count). The van der Waals surface area contributed by atoms with Crippen molar-refractivity contribution in [2.45, 2.75) is 12.5 Å². The average Bonchev–Trinajstić information content (AvgIpc) is 2.51. The number of hydrogen-bond donors (Lipinski definition) is 2. The van der Waals surface area contributed by atoms with Crippen LogP contribution in [0.25, 0.3) is 11.1 Å². The van der Waals surface area contributed by atoms with Gasteiger partial charge in [-0.05, 0) is 23.1 Å². The molecule has 2 aromatic carbocycles. The largest absolute Gasteiger partial charge is 0.353 e. The number of nitrogens with one attached hydrogen (secondary N) is 2. The summed E-state index contributed by atoms with van der Waals surface area (Å²) in [6, 6.07) is 18.6. The highest BCUT2D eigenvalue weighted by Gasteiger charge is 2.21. The van der Waals surface area contributed by atoms with E-state index in [1.54, 1.807) is 0 Å². The number of carbonyl (C=O) groups is 1. The van der Waals surface area contributed by atoms with Gasteiger partial charge < -0.3 is 10.6 Å². The van der Waals surface area contributed by atoms with E-state index in [9.17, 15) is 4.79 Å². The zero-order chi connectivity index (χ0) is 13.8. The van der Waals surface area contributed by atoms with Gasteiger partial charge in [-0.15, -0.1) is 0 Å². The van der Waals surface area contributed by atoms with Crippen molar-refractivity contribution in [2.24, 2.45) is 0 Å². The summed E-state index contributed by atoms with van der Waals surface area (Å²) in [6.07, 6.45) is 0.737. The lowest BCUT2D eigenvalue weighted by molar-refractivity contribution is -0.124. The van der Waals surface area contributed by atoms with Crippen molar-refractivity contribution < 1.29 is 4.79 Å². The van der Waals surface area contributed by atoms with Crippen LogP contribution in [0.5, 0.6) is 0 Å². The minimum absolute atomic E-state index is 0.100. The summed E-state index contributed by atoms with van der Waals surface area (Å²) in [4.78, 5) is 11.7. The molecule has 20 heavy (non-hydrogen) atoms. The third-order valence-corrected chi connectivity index (χ3v) is 3.63. The first-order valence-corrected chi connectivity index (χ1v) is 6.98. The molecule has 0 aromatic heterocycles. The van der Waals surface area contributed by atoms with Crippen LogP contribution in [0.1, 0.15) is 5.56 Å². The summed E-state index contributed by atoms with van der Waals surface area (Å²) in [5.41, 5.74) is 3.60. The lowest BCUT2D eigenvalue weighted by atomic mass is 10.00. The molecule has 1 fully saturated rings.